The lowest BCUT2D eigenvalue weighted by Gasteiger charge is -2.31. The summed E-state index contributed by atoms with van der Waals surface area (Å²) in [7, 11) is 0. The molecule has 19 heavy (non-hydrogen) atoms. The van der Waals surface area contributed by atoms with E-state index < -0.39 is 0 Å². The van der Waals surface area contributed by atoms with Crippen molar-refractivity contribution in [2.75, 3.05) is 18.0 Å². The van der Waals surface area contributed by atoms with Crippen molar-refractivity contribution >= 4 is 5.82 Å². The number of nitrogens with zero attached hydrogens (tertiary/aromatic N) is 2. The molecule has 0 aromatic carbocycles. The van der Waals surface area contributed by atoms with E-state index in [-0.39, 0.29) is 5.41 Å². The van der Waals surface area contributed by atoms with E-state index in [4.69, 9.17) is 5.73 Å². The van der Waals surface area contributed by atoms with Crippen LogP contribution in [0.15, 0.2) is 18.3 Å². The maximum absolute atomic E-state index is 5.74. The van der Waals surface area contributed by atoms with E-state index >= 15 is 0 Å². The SMILES string of the molecule is CCC(CC)N(CCN)c1ccc(C(C)(C)C)cn1. The minimum atomic E-state index is 0.152. The highest BCUT2D eigenvalue weighted by molar-refractivity contribution is 5.41. The molecule has 108 valence electrons. The molecule has 1 aromatic heterocycles. The van der Waals surface area contributed by atoms with Crippen LogP contribution in [0.4, 0.5) is 5.82 Å². The summed E-state index contributed by atoms with van der Waals surface area (Å²) in [5.41, 5.74) is 7.17. The molecule has 0 amide bonds. The van der Waals surface area contributed by atoms with Gasteiger partial charge in [-0.25, -0.2) is 4.98 Å². The third-order valence-corrected chi connectivity index (χ3v) is 3.66. The predicted molar refractivity (Wildman–Crippen MR) is 83.7 cm³/mol. The predicted octanol–water partition coefficient (Wildman–Crippen LogP) is 3.33. The molecule has 3 nitrogen and oxygen atoms in total. The molecular weight excluding hydrogens is 234 g/mol. The van der Waals surface area contributed by atoms with Crippen LogP contribution in [0.5, 0.6) is 0 Å². The van der Waals surface area contributed by atoms with Gasteiger partial charge in [-0.2, -0.15) is 0 Å². The molecule has 1 rings (SSSR count). The van der Waals surface area contributed by atoms with Gasteiger partial charge in [-0.15, -0.1) is 0 Å². The molecule has 2 N–H and O–H groups in total. The minimum absolute atomic E-state index is 0.152. The Labute approximate surface area is 118 Å². The Balaban J connectivity index is 2.97. The van der Waals surface area contributed by atoms with Gasteiger partial charge in [0.25, 0.3) is 0 Å². The largest absolute Gasteiger partial charge is 0.352 e. The first-order valence-electron chi connectivity index (χ1n) is 7.37. The van der Waals surface area contributed by atoms with Crippen LogP contribution in [0.1, 0.15) is 53.0 Å². The van der Waals surface area contributed by atoms with Crippen molar-refractivity contribution in [3.8, 4) is 0 Å². The summed E-state index contributed by atoms with van der Waals surface area (Å²) in [5.74, 6) is 1.05. The summed E-state index contributed by atoms with van der Waals surface area (Å²) in [6.45, 7) is 12.6. The zero-order valence-electron chi connectivity index (χ0n) is 13.1. The van der Waals surface area contributed by atoms with Crippen molar-refractivity contribution in [3.05, 3.63) is 23.9 Å². The molecular formula is C16H29N3. The zero-order chi connectivity index (χ0) is 14.5. The Morgan fingerprint density at radius 2 is 1.84 bits per heavy atom. The van der Waals surface area contributed by atoms with Gasteiger partial charge in [0, 0.05) is 25.3 Å². The summed E-state index contributed by atoms with van der Waals surface area (Å²) in [4.78, 5) is 6.99. The summed E-state index contributed by atoms with van der Waals surface area (Å²) in [5, 5.41) is 0. The van der Waals surface area contributed by atoms with Gasteiger partial charge in [0.05, 0.1) is 0 Å². The molecule has 0 unspecified atom stereocenters. The van der Waals surface area contributed by atoms with Crippen molar-refractivity contribution in [2.24, 2.45) is 5.73 Å². The molecule has 1 aromatic rings. The molecule has 0 fully saturated rings. The summed E-state index contributed by atoms with van der Waals surface area (Å²) in [6.07, 6.45) is 4.25. The second-order valence-corrected chi connectivity index (χ2v) is 6.11. The third-order valence-electron chi connectivity index (χ3n) is 3.66. The number of anilines is 1. The Morgan fingerprint density at radius 3 is 2.21 bits per heavy atom. The van der Waals surface area contributed by atoms with Crippen LogP contribution >= 0.6 is 0 Å². The lowest BCUT2D eigenvalue weighted by molar-refractivity contribution is 0.552. The molecule has 3 heteroatoms. The van der Waals surface area contributed by atoms with Gasteiger partial charge in [0.1, 0.15) is 5.82 Å². The molecule has 0 radical (unpaired) electrons. The molecule has 0 aliphatic heterocycles. The third kappa shape index (κ3) is 4.20. The Morgan fingerprint density at radius 1 is 1.21 bits per heavy atom. The first-order valence-corrected chi connectivity index (χ1v) is 7.37. The molecule has 1 heterocycles. The lowest BCUT2D eigenvalue weighted by Crippen LogP contribution is -2.38. The normalized spacial score (nSPS) is 11.9. The lowest BCUT2D eigenvalue weighted by atomic mass is 9.88. The highest BCUT2D eigenvalue weighted by Gasteiger charge is 2.18. The monoisotopic (exact) mass is 263 g/mol. The molecule has 0 spiro atoms. The van der Waals surface area contributed by atoms with Crippen molar-refractivity contribution < 1.29 is 0 Å². The smallest absolute Gasteiger partial charge is 0.128 e. The highest BCUT2D eigenvalue weighted by Crippen LogP contribution is 2.24. The minimum Gasteiger partial charge on any atom is -0.352 e. The number of nitrogens with two attached hydrogens (primary N) is 1. The maximum atomic E-state index is 5.74. The van der Waals surface area contributed by atoms with E-state index in [1.165, 1.54) is 5.56 Å². The molecule has 0 atom stereocenters. The number of hydrogen-bond donors (Lipinski definition) is 1. The standard InChI is InChI=1S/C16H29N3/c1-6-14(7-2)19(11-10-17)15-9-8-13(12-18-15)16(3,4)5/h8-9,12,14H,6-7,10-11,17H2,1-5H3. The van der Waals surface area contributed by atoms with Gasteiger partial charge < -0.3 is 10.6 Å². The number of aromatic nitrogens is 1. The first kappa shape index (κ1) is 16.0. The number of hydrogen-bond acceptors (Lipinski definition) is 3. The number of rotatable bonds is 6. The summed E-state index contributed by atoms with van der Waals surface area (Å²) in [6, 6.07) is 4.85. The Bertz CT molecular complexity index is 361. The molecule has 0 bridgehead atoms. The van der Waals surface area contributed by atoms with E-state index in [1.807, 2.05) is 6.20 Å². The van der Waals surface area contributed by atoms with Crippen molar-refractivity contribution in [2.45, 2.75) is 58.9 Å². The molecule has 0 aliphatic rings. The van der Waals surface area contributed by atoms with Crippen molar-refractivity contribution in [1.82, 2.24) is 4.98 Å². The van der Waals surface area contributed by atoms with Gasteiger partial charge in [-0.1, -0.05) is 40.7 Å². The second kappa shape index (κ2) is 6.90. The van der Waals surface area contributed by atoms with Crippen molar-refractivity contribution in [1.29, 1.82) is 0 Å². The van der Waals surface area contributed by atoms with E-state index in [1.54, 1.807) is 0 Å². The van der Waals surface area contributed by atoms with Gasteiger partial charge in [0.15, 0.2) is 0 Å². The zero-order valence-corrected chi connectivity index (χ0v) is 13.1. The van der Waals surface area contributed by atoms with Gasteiger partial charge >= 0.3 is 0 Å². The average Bonchev–Trinajstić information content (AvgIpc) is 2.38. The van der Waals surface area contributed by atoms with Crippen LogP contribution < -0.4 is 10.6 Å². The molecule has 0 aliphatic carbocycles. The summed E-state index contributed by atoms with van der Waals surface area (Å²) < 4.78 is 0. The quantitative estimate of drug-likeness (QED) is 0.856. The van der Waals surface area contributed by atoms with E-state index in [0.29, 0.717) is 12.6 Å². The fourth-order valence-corrected chi connectivity index (χ4v) is 2.35. The summed E-state index contributed by atoms with van der Waals surface area (Å²) >= 11 is 0. The highest BCUT2D eigenvalue weighted by atomic mass is 15.2. The van der Waals surface area contributed by atoms with E-state index in [2.05, 4.69) is 56.6 Å². The van der Waals surface area contributed by atoms with E-state index in [9.17, 15) is 0 Å². The van der Waals surface area contributed by atoms with Crippen LogP contribution in [0.25, 0.3) is 0 Å². The maximum Gasteiger partial charge on any atom is 0.128 e. The topological polar surface area (TPSA) is 42.1 Å². The van der Waals surface area contributed by atoms with Crippen LogP contribution in [0.2, 0.25) is 0 Å². The molecule has 0 saturated carbocycles. The van der Waals surface area contributed by atoms with Crippen LogP contribution in [0, 0.1) is 0 Å². The average molecular weight is 263 g/mol. The molecule has 0 saturated heterocycles. The second-order valence-electron chi connectivity index (χ2n) is 6.11. The van der Waals surface area contributed by atoms with Gasteiger partial charge in [0.2, 0.25) is 0 Å². The Kier molecular flexibility index (Phi) is 5.80. The van der Waals surface area contributed by atoms with Crippen molar-refractivity contribution in [3.63, 3.8) is 0 Å². The number of pyridine rings is 1. The Hall–Kier alpha value is -1.09. The fourth-order valence-electron chi connectivity index (χ4n) is 2.35. The van der Waals surface area contributed by atoms with Gasteiger partial charge in [-0.05, 0) is 29.9 Å². The van der Waals surface area contributed by atoms with E-state index in [0.717, 1.165) is 25.2 Å². The fraction of sp³-hybridized carbons (Fsp3) is 0.688. The first-order chi connectivity index (χ1) is 8.93. The van der Waals surface area contributed by atoms with Crippen LogP contribution in [-0.4, -0.2) is 24.1 Å². The van der Waals surface area contributed by atoms with Crippen LogP contribution in [0.3, 0.4) is 0 Å². The van der Waals surface area contributed by atoms with Gasteiger partial charge in [-0.3, -0.25) is 0 Å². The van der Waals surface area contributed by atoms with Crippen LogP contribution in [-0.2, 0) is 5.41 Å².